The van der Waals surface area contributed by atoms with Crippen molar-refractivity contribution in [2.75, 3.05) is 11.5 Å². The van der Waals surface area contributed by atoms with E-state index in [0.29, 0.717) is 6.04 Å². The average Bonchev–Trinajstić information content (AvgIpc) is 3.54. The first-order valence-electron chi connectivity index (χ1n) is 9.58. The van der Waals surface area contributed by atoms with Crippen molar-refractivity contribution < 1.29 is 0 Å². The van der Waals surface area contributed by atoms with Crippen LogP contribution >= 0.6 is 23.5 Å². The normalized spacial score (nSPS) is 26.4. The molecule has 27 heavy (non-hydrogen) atoms. The molecule has 136 valence electrons. The van der Waals surface area contributed by atoms with Crippen LogP contribution in [-0.4, -0.2) is 11.5 Å². The number of benzene rings is 3. The lowest BCUT2D eigenvalue weighted by molar-refractivity contribution is 0.584. The third-order valence-corrected chi connectivity index (χ3v) is 9.28. The van der Waals surface area contributed by atoms with Gasteiger partial charge in [-0.15, -0.1) is 23.5 Å². The van der Waals surface area contributed by atoms with E-state index in [1.165, 1.54) is 34.6 Å². The first-order valence-corrected chi connectivity index (χ1v) is 11.6. The molecule has 3 heteroatoms. The van der Waals surface area contributed by atoms with Crippen LogP contribution < -0.4 is 5.32 Å². The molecule has 0 aliphatic carbocycles. The molecule has 0 saturated carbocycles. The molecule has 1 nitrogen and oxygen atoms in total. The summed E-state index contributed by atoms with van der Waals surface area (Å²) in [7, 11) is 0. The van der Waals surface area contributed by atoms with Crippen molar-refractivity contribution in [2.24, 2.45) is 0 Å². The predicted octanol–water partition coefficient (Wildman–Crippen LogP) is 5.95. The van der Waals surface area contributed by atoms with Crippen molar-refractivity contribution in [3.63, 3.8) is 0 Å². The van der Waals surface area contributed by atoms with Crippen LogP contribution in [0.15, 0.2) is 91.0 Å². The van der Waals surface area contributed by atoms with Crippen molar-refractivity contribution in [1.82, 2.24) is 5.32 Å². The number of thioether (sulfide) groups is 2. The van der Waals surface area contributed by atoms with Crippen LogP contribution in [0.2, 0.25) is 0 Å². The zero-order valence-electron chi connectivity index (χ0n) is 15.2. The first-order chi connectivity index (χ1) is 13.4. The van der Waals surface area contributed by atoms with Crippen LogP contribution in [0, 0.1) is 0 Å². The van der Waals surface area contributed by atoms with Gasteiger partial charge < -0.3 is 0 Å². The maximum Gasteiger partial charge on any atom is 0.110 e. The minimum Gasteiger partial charge on any atom is -0.295 e. The van der Waals surface area contributed by atoms with Crippen molar-refractivity contribution in [2.45, 2.75) is 22.1 Å². The summed E-state index contributed by atoms with van der Waals surface area (Å²) in [5.74, 6) is 2.42. The first kappa shape index (κ1) is 17.4. The van der Waals surface area contributed by atoms with E-state index in [-0.39, 0.29) is 9.62 Å². The van der Waals surface area contributed by atoms with Crippen LogP contribution in [0.3, 0.4) is 0 Å². The van der Waals surface area contributed by atoms with Gasteiger partial charge in [-0.3, -0.25) is 5.32 Å². The smallest absolute Gasteiger partial charge is 0.110 e. The monoisotopic (exact) mass is 389 g/mol. The Labute approximate surface area is 170 Å². The summed E-state index contributed by atoms with van der Waals surface area (Å²) >= 11 is 4.25. The van der Waals surface area contributed by atoms with Gasteiger partial charge in [0.25, 0.3) is 0 Å². The van der Waals surface area contributed by atoms with Gasteiger partial charge in [-0.2, -0.15) is 0 Å². The van der Waals surface area contributed by atoms with Gasteiger partial charge in [0, 0.05) is 0 Å². The summed E-state index contributed by atoms with van der Waals surface area (Å²) in [5.41, 5.74) is 4.11. The quantitative estimate of drug-likeness (QED) is 0.557. The lowest BCUT2D eigenvalue weighted by atomic mass is 9.85. The van der Waals surface area contributed by atoms with Crippen LogP contribution in [-0.2, 0) is 9.62 Å². The second-order valence-corrected chi connectivity index (χ2v) is 10.1. The lowest BCUT2D eigenvalue weighted by Crippen LogP contribution is -2.40. The maximum atomic E-state index is 3.98. The minimum absolute atomic E-state index is 0.0195. The molecule has 2 fully saturated rings. The topological polar surface area (TPSA) is 21.9 Å². The van der Waals surface area contributed by atoms with Crippen molar-refractivity contribution in [1.29, 1.82) is 0 Å². The molecule has 0 bridgehead atoms. The molecule has 2 aliphatic heterocycles. The Kier molecular flexibility index (Phi) is 4.55. The summed E-state index contributed by atoms with van der Waals surface area (Å²) in [6.07, 6.45) is 1.28. The summed E-state index contributed by atoms with van der Waals surface area (Å²) in [4.78, 5) is 0. The van der Waals surface area contributed by atoms with E-state index >= 15 is 0 Å². The van der Waals surface area contributed by atoms with E-state index in [2.05, 4.69) is 120 Å². The molecule has 3 aromatic rings. The molecule has 2 saturated heterocycles. The summed E-state index contributed by atoms with van der Waals surface area (Å²) in [6.45, 7) is 0. The highest BCUT2D eigenvalue weighted by atomic mass is 32.2. The fourth-order valence-corrected chi connectivity index (χ4v) is 8.22. The molecule has 0 spiro atoms. The van der Waals surface area contributed by atoms with Crippen molar-refractivity contribution in [3.05, 3.63) is 108 Å². The SMILES string of the molecule is c1ccc([C@@H]2N[C@]2(c2ccccc2)C2(c3ccccc3)SCCCS2)cc1. The zero-order chi connectivity index (χ0) is 18.2. The number of hydrogen-bond donors (Lipinski definition) is 1. The Hall–Kier alpha value is -1.68. The highest BCUT2D eigenvalue weighted by Gasteiger charge is 2.69. The number of rotatable bonds is 4. The molecule has 3 aromatic carbocycles. The lowest BCUT2D eigenvalue weighted by Gasteiger charge is -2.43. The van der Waals surface area contributed by atoms with E-state index in [9.17, 15) is 0 Å². The standard InChI is InChI=1S/C24H23NS2/c1-4-11-19(12-5-1)22-23(25-22,20-13-6-2-7-14-20)24(26-17-10-18-27-24)21-15-8-3-9-16-21/h1-9,11-16,22,25H,10,17-18H2/t22-,23-/m0/s1. The molecule has 0 unspecified atom stereocenters. The summed E-state index contributed by atoms with van der Waals surface area (Å²) in [5, 5.41) is 3.98. The molecular formula is C24H23NS2. The van der Waals surface area contributed by atoms with Gasteiger partial charge in [0.15, 0.2) is 0 Å². The molecular weight excluding hydrogens is 366 g/mol. The van der Waals surface area contributed by atoms with Crippen molar-refractivity contribution >= 4 is 23.5 Å². The van der Waals surface area contributed by atoms with Gasteiger partial charge in [-0.1, -0.05) is 91.0 Å². The maximum absolute atomic E-state index is 3.98. The van der Waals surface area contributed by atoms with E-state index in [4.69, 9.17) is 0 Å². The summed E-state index contributed by atoms with van der Waals surface area (Å²) in [6, 6.07) is 33.5. The second kappa shape index (κ2) is 7.05. The van der Waals surface area contributed by atoms with Gasteiger partial charge in [0.2, 0.25) is 0 Å². The number of hydrogen-bond acceptors (Lipinski definition) is 3. The molecule has 0 aromatic heterocycles. The molecule has 5 rings (SSSR count). The highest BCUT2D eigenvalue weighted by molar-refractivity contribution is 8.18. The Morgan fingerprint density at radius 2 is 1.19 bits per heavy atom. The van der Waals surface area contributed by atoms with E-state index in [0.717, 1.165) is 0 Å². The molecule has 0 radical (unpaired) electrons. The second-order valence-electron chi connectivity index (χ2n) is 7.20. The van der Waals surface area contributed by atoms with Gasteiger partial charge >= 0.3 is 0 Å². The fraction of sp³-hybridized carbons (Fsp3) is 0.250. The number of nitrogens with one attached hydrogen (secondary N) is 1. The van der Waals surface area contributed by atoms with E-state index in [1.807, 2.05) is 0 Å². The molecule has 2 atom stereocenters. The largest absolute Gasteiger partial charge is 0.295 e. The van der Waals surface area contributed by atoms with Gasteiger partial charge in [0.05, 0.1) is 11.6 Å². The summed E-state index contributed by atoms with van der Waals surface area (Å²) < 4.78 is -0.0195. The third-order valence-electron chi connectivity index (χ3n) is 5.66. The Bertz CT molecular complexity index is 891. The highest BCUT2D eigenvalue weighted by Crippen LogP contribution is 2.70. The Morgan fingerprint density at radius 3 is 1.78 bits per heavy atom. The third kappa shape index (κ3) is 2.75. The van der Waals surface area contributed by atoms with Gasteiger partial charge in [-0.05, 0) is 34.6 Å². The fourth-order valence-electron chi connectivity index (χ4n) is 4.40. The molecule has 2 aliphatic rings. The Balaban J connectivity index is 1.70. The average molecular weight is 390 g/mol. The molecule has 0 amide bonds. The minimum atomic E-state index is -0.0906. The molecule has 1 N–H and O–H groups in total. The van der Waals surface area contributed by atoms with Crippen LogP contribution in [0.25, 0.3) is 0 Å². The van der Waals surface area contributed by atoms with Gasteiger partial charge in [-0.25, -0.2) is 0 Å². The van der Waals surface area contributed by atoms with Gasteiger partial charge in [0.1, 0.15) is 4.08 Å². The van der Waals surface area contributed by atoms with E-state index in [1.54, 1.807) is 0 Å². The van der Waals surface area contributed by atoms with Crippen LogP contribution in [0.5, 0.6) is 0 Å². The van der Waals surface area contributed by atoms with Crippen LogP contribution in [0.4, 0.5) is 0 Å². The Morgan fingerprint density at radius 1 is 0.667 bits per heavy atom. The van der Waals surface area contributed by atoms with E-state index < -0.39 is 0 Å². The predicted molar refractivity (Wildman–Crippen MR) is 118 cm³/mol. The zero-order valence-corrected chi connectivity index (χ0v) is 16.8. The van der Waals surface area contributed by atoms with Crippen molar-refractivity contribution in [3.8, 4) is 0 Å². The molecule has 2 heterocycles. The van der Waals surface area contributed by atoms with Crippen LogP contribution in [0.1, 0.15) is 29.2 Å².